The summed E-state index contributed by atoms with van der Waals surface area (Å²) in [4.78, 5) is 8.05. The Morgan fingerprint density at radius 2 is 1.94 bits per heavy atom. The summed E-state index contributed by atoms with van der Waals surface area (Å²) in [6.07, 6.45) is 5.31. The molecule has 17 heavy (non-hydrogen) atoms. The average molecular weight is 229 g/mol. The maximum Gasteiger partial charge on any atom is 0.213 e. The number of nitrogens with zero attached hydrogens (tertiary/aromatic N) is 2. The first-order valence-electron chi connectivity index (χ1n) is 5.58. The SMILES string of the molecule is c1ccc(OCCNCc2ccncc2)nc1. The summed E-state index contributed by atoms with van der Waals surface area (Å²) in [7, 11) is 0. The second kappa shape index (κ2) is 6.60. The maximum absolute atomic E-state index is 5.46. The number of pyridine rings is 2. The van der Waals surface area contributed by atoms with Crippen LogP contribution < -0.4 is 10.1 Å². The van der Waals surface area contributed by atoms with Gasteiger partial charge in [-0.2, -0.15) is 0 Å². The van der Waals surface area contributed by atoms with Crippen molar-refractivity contribution in [2.24, 2.45) is 0 Å². The molecule has 88 valence electrons. The summed E-state index contributed by atoms with van der Waals surface area (Å²) < 4.78 is 5.46. The molecule has 0 aliphatic carbocycles. The Morgan fingerprint density at radius 3 is 2.71 bits per heavy atom. The normalized spacial score (nSPS) is 10.1. The van der Waals surface area contributed by atoms with E-state index in [1.54, 1.807) is 18.6 Å². The van der Waals surface area contributed by atoms with Gasteiger partial charge in [-0.1, -0.05) is 6.07 Å². The van der Waals surface area contributed by atoms with E-state index in [1.165, 1.54) is 5.56 Å². The lowest BCUT2D eigenvalue weighted by molar-refractivity contribution is 0.302. The van der Waals surface area contributed by atoms with Crippen molar-refractivity contribution in [3.8, 4) is 5.88 Å². The van der Waals surface area contributed by atoms with Crippen LogP contribution in [0.1, 0.15) is 5.56 Å². The Balaban J connectivity index is 1.61. The van der Waals surface area contributed by atoms with E-state index in [1.807, 2.05) is 30.3 Å². The molecule has 0 aliphatic heterocycles. The van der Waals surface area contributed by atoms with Crippen LogP contribution >= 0.6 is 0 Å². The molecule has 0 radical (unpaired) electrons. The predicted molar refractivity (Wildman–Crippen MR) is 65.7 cm³/mol. The predicted octanol–water partition coefficient (Wildman–Crippen LogP) is 1.65. The van der Waals surface area contributed by atoms with Gasteiger partial charge in [0.05, 0.1) is 0 Å². The van der Waals surface area contributed by atoms with Crippen LogP contribution in [0.3, 0.4) is 0 Å². The van der Waals surface area contributed by atoms with Gasteiger partial charge in [-0.05, 0) is 23.8 Å². The van der Waals surface area contributed by atoms with Crippen molar-refractivity contribution < 1.29 is 4.74 Å². The third kappa shape index (κ3) is 4.20. The monoisotopic (exact) mass is 229 g/mol. The molecule has 2 heterocycles. The van der Waals surface area contributed by atoms with E-state index in [9.17, 15) is 0 Å². The van der Waals surface area contributed by atoms with Crippen LogP contribution in [-0.2, 0) is 6.54 Å². The van der Waals surface area contributed by atoms with Gasteiger partial charge in [-0.3, -0.25) is 4.98 Å². The Bertz CT molecular complexity index is 378. The van der Waals surface area contributed by atoms with Crippen molar-refractivity contribution in [1.29, 1.82) is 0 Å². The fourth-order valence-corrected chi connectivity index (χ4v) is 1.39. The lowest BCUT2D eigenvalue weighted by Gasteiger charge is -2.06. The van der Waals surface area contributed by atoms with Gasteiger partial charge in [-0.15, -0.1) is 0 Å². The minimum Gasteiger partial charge on any atom is -0.476 e. The van der Waals surface area contributed by atoms with E-state index < -0.39 is 0 Å². The Labute approximate surface area is 101 Å². The molecule has 4 nitrogen and oxygen atoms in total. The highest BCUT2D eigenvalue weighted by Gasteiger charge is 1.93. The van der Waals surface area contributed by atoms with Gasteiger partial charge in [0.25, 0.3) is 0 Å². The number of ether oxygens (including phenoxy) is 1. The van der Waals surface area contributed by atoms with Gasteiger partial charge in [0.15, 0.2) is 0 Å². The first kappa shape index (κ1) is 11.5. The van der Waals surface area contributed by atoms with Crippen molar-refractivity contribution in [1.82, 2.24) is 15.3 Å². The maximum atomic E-state index is 5.46. The van der Waals surface area contributed by atoms with Crippen molar-refractivity contribution >= 4 is 0 Å². The van der Waals surface area contributed by atoms with Crippen molar-refractivity contribution in [3.63, 3.8) is 0 Å². The lowest BCUT2D eigenvalue weighted by Crippen LogP contribution is -2.20. The topological polar surface area (TPSA) is 47.0 Å². The van der Waals surface area contributed by atoms with E-state index in [2.05, 4.69) is 15.3 Å². The molecule has 0 spiro atoms. The summed E-state index contributed by atoms with van der Waals surface area (Å²) in [5.74, 6) is 0.665. The van der Waals surface area contributed by atoms with Crippen LogP contribution in [0.25, 0.3) is 0 Å². The molecule has 0 amide bonds. The molecule has 0 aromatic carbocycles. The smallest absolute Gasteiger partial charge is 0.213 e. The molecule has 0 atom stereocenters. The van der Waals surface area contributed by atoms with Crippen LogP contribution in [0.2, 0.25) is 0 Å². The van der Waals surface area contributed by atoms with Gasteiger partial charge >= 0.3 is 0 Å². The molecule has 0 saturated carbocycles. The Kier molecular flexibility index (Phi) is 4.48. The van der Waals surface area contributed by atoms with Crippen molar-refractivity contribution in [3.05, 3.63) is 54.5 Å². The zero-order valence-corrected chi connectivity index (χ0v) is 9.54. The van der Waals surface area contributed by atoms with E-state index in [0.29, 0.717) is 12.5 Å². The summed E-state index contributed by atoms with van der Waals surface area (Å²) in [5.41, 5.74) is 1.22. The van der Waals surface area contributed by atoms with Crippen LogP contribution in [0.5, 0.6) is 5.88 Å². The van der Waals surface area contributed by atoms with E-state index in [4.69, 9.17) is 4.74 Å². The molecule has 0 aliphatic rings. The summed E-state index contributed by atoms with van der Waals surface area (Å²) in [6.45, 7) is 2.23. The number of nitrogens with one attached hydrogen (secondary N) is 1. The highest BCUT2D eigenvalue weighted by molar-refractivity contribution is 5.10. The second-order valence-corrected chi connectivity index (χ2v) is 3.55. The summed E-state index contributed by atoms with van der Waals surface area (Å²) in [6, 6.07) is 9.61. The molecule has 2 aromatic rings. The first-order chi connectivity index (χ1) is 8.45. The van der Waals surface area contributed by atoms with E-state index >= 15 is 0 Å². The third-order valence-corrected chi connectivity index (χ3v) is 2.25. The van der Waals surface area contributed by atoms with E-state index in [-0.39, 0.29) is 0 Å². The number of hydrogen-bond donors (Lipinski definition) is 1. The second-order valence-electron chi connectivity index (χ2n) is 3.55. The number of hydrogen-bond acceptors (Lipinski definition) is 4. The Hall–Kier alpha value is -1.94. The van der Waals surface area contributed by atoms with Gasteiger partial charge < -0.3 is 10.1 Å². The summed E-state index contributed by atoms with van der Waals surface area (Å²) in [5, 5.41) is 3.29. The minimum atomic E-state index is 0.613. The molecule has 0 fully saturated rings. The van der Waals surface area contributed by atoms with Crippen LogP contribution in [-0.4, -0.2) is 23.1 Å². The molecule has 0 unspecified atom stereocenters. The van der Waals surface area contributed by atoms with Crippen molar-refractivity contribution in [2.75, 3.05) is 13.2 Å². The molecule has 2 aromatic heterocycles. The number of aromatic nitrogens is 2. The standard InChI is InChI=1S/C13H15N3O/c1-2-6-16-13(3-1)17-10-9-15-11-12-4-7-14-8-5-12/h1-8,15H,9-11H2. The average Bonchev–Trinajstić information content (AvgIpc) is 2.41. The van der Waals surface area contributed by atoms with Gasteiger partial charge in [0, 0.05) is 37.7 Å². The van der Waals surface area contributed by atoms with Crippen LogP contribution in [0.4, 0.5) is 0 Å². The van der Waals surface area contributed by atoms with Crippen LogP contribution in [0.15, 0.2) is 48.9 Å². The lowest BCUT2D eigenvalue weighted by atomic mass is 10.3. The highest BCUT2D eigenvalue weighted by atomic mass is 16.5. The van der Waals surface area contributed by atoms with Crippen LogP contribution in [0, 0.1) is 0 Å². The summed E-state index contributed by atoms with van der Waals surface area (Å²) >= 11 is 0. The quantitative estimate of drug-likeness (QED) is 0.765. The van der Waals surface area contributed by atoms with Gasteiger partial charge in [-0.25, -0.2) is 4.98 Å². The highest BCUT2D eigenvalue weighted by Crippen LogP contribution is 2.02. The molecular weight excluding hydrogens is 214 g/mol. The Morgan fingerprint density at radius 1 is 1.06 bits per heavy atom. The molecule has 0 saturated heterocycles. The van der Waals surface area contributed by atoms with Gasteiger partial charge in [0.1, 0.15) is 6.61 Å². The first-order valence-corrected chi connectivity index (χ1v) is 5.58. The molecule has 0 bridgehead atoms. The van der Waals surface area contributed by atoms with E-state index in [0.717, 1.165) is 13.1 Å². The fraction of sp³-hybridized carbons (Fsp3) is 0.231. The van der Waals surface area contributed by atoms with Gasteiger partial charge in [0.2, 0.25) is 5.88 Å². The zero-order valence-electron chi connectivity index (χ0n) is 9.54. The molecule has 1 N–H and O–H groups in total. The number of rotatable bonds is 6. The minimum absolute atomic E-state index is 0.613. The molecular formula is C13H15N3O. The molecule has 4 heteroatoms. The largest absolute Gasteiger partial charge is 0.476 e. The molecule has 2 rings (SSSR count). The van der Waals surface area contributed by atoms with Crippen molar-refractivity contribution in [2.45, 2.75) is 6.54 Å². The third-order valence-electron chi connectivity index (χ3n) is 2.25. The zero-order chi connectivity index (χ0) is 11.8. The fourth-order valence-electron chi connectivity index (χ4n) is 1.39.